The first-order chi connectivity index (χ1) is 17.7. The van der Waals surface area contributed by atoms with Crippen LogP contribution < -0.4 is 9.47 Å². The van der Waals surface area contributed by atoms with E-state index in [1.807, 2.05) is 54.6 Å². The van der Waals surface area contributed by atoms with Crippen LogP contribution in [-0.4, -0.2) is 41.5 Å². The van der Waals surface area contributed by atoms with E-state index in [2.05, 4.69) is 20.8 Å². The van der Waals surface area contributed by atoms with E-state index >= 15 is 0 Å². The number of hydrogen-bond donors (Lipinski definition) is 1. The average molecular weight is 498 g/mol. The molecule has 1 saturated heterocycles. The van der Waals surface area contributed by atoms with Gasteiger partial charge in [0, 0.05) is 12.1 Å². The number of aliphatic hydroxyl groups is 1. The lowest BCUT2D eigenvalue weighted by Gasteiger charge is -2.27. The van der Waals surface area contributed by atoms with Crippen molar-refractivity contribution >= 4 is 17.4 Å². The number of carbonyl (C=O) groups excluding carboxylic acids is 2. The average Bonchev–Trinajstić information content (AvgIpc) is 3.16. The van der Waals surface area contributed by atoms with E-state index in [9.17, 15) is 14.7 Å². The first-order valence-corrected chi connectivity index (χ1v) is 12.6. The third-order valence-electron chi connectivity index (χ3n) is 6.93. The summed E-state index contributed by atoms with van der Waals surface area (Å²) in [5, 5.41) is 11.4. The fourth-order valence-corrected chi connectivity index (χ4v) is 4.86. The van der Waals surface area contributed by atoms with Gasteiger partial charge in [-0.3, -0.25) is 9.59 Å². The lowest BCUT2D eigenvalue weighted by molar-refractivity contribution is -0.139. The van der Waals surface area contributed by atoms with Crippen molar-refractivity contribution in [1.82, 2.24) is 4.90 Å². The zero-order chi connectivity index (χ0) is 26.2. The van der Waals surface area contributed by atoms with Crippen molar-refractivity contribution in [3.8, 4) is 11.5 Å². The predicted octanol–water partition coefficient (Wildman–Crippen LogP) is 5.42. The van der Waals surface area contributed by atoms with Gasteiger partial charge in [0.1, 0.15) is 19.0 Å². The molecule has 1 amide bonds. The second kappa shape index (κ2) is 9.77. The number of benzene rings is 3. The van der Waals surface area contributed by atoms with Crippen LogP contribution in [0.15, 0.2) is 78.4 Å². The maximum absolute atomic E-state index is 13.4. The summed E-state index contributed by atoms with van der Waals surface area (Å²) in [6, 6.07) is 22.1. The Labute approximate surface area is 217 Å². The van der Waals surface area contributed by atoms with E-state index in [-0.39, 0.29) is 16.7 Å². The standard InChI is InChI=1S/C31H31NO5/c1-31(2,3)23-12-9-21(10-13-23)27-26(28(33)22-11-14-24-25(19-22)37-18-17-36-24)29(34)30(35)32(27)16-15-20-7-5-4-6-8-20/h4-14,19,27,33H,15-18H2,1-3H3/b28-26-. The molecule has 6 heteroatoms. The number of hydrogen-bond acceptors (Lipinski definition) is 5. The normalized spacial score (nSPS) is 18.8. The van der Waals surface area contributed by atoms with Crippen molar-refractivity contribution in [1.29, 1.82) is 0 Å². The number of fused-ring (bicyclic) bond motifs is 1. The number of likely N-dealkylation sites (tertiary alicyclic amines) is 1. The number of rotatable bonds is 5. The van der Waals surface area contributed by atoms with Crippen molar-refractivity contribution in [3.63, 3.8) is 0 Å². The maximum atomic E-state index is 13.4. The molecule has 2 heterocycles. The molecule has 3 aromatic carbocycles. The van der Waals surface area contributed by atoms with Crippen molar-refractivity contribution in [2.24, 2.45) is 0 Å². The zero-order valence-electron chi connectivity index (χ0n) is 21.4. The van der Waals surface area contributed by atoms with E-state index in [1.165, 1.54) is 0 Å². The highest BCUT2D eigenvalue weighted by atomic mass is 16.6. The Morgan fingerprint density at radius 3 is 2.27 bits per heavy atom. The molecule has 0 aliphatic carbocycles. The highest BCUT2D eigenvalue weighted by Crippen LogP contribution is 2.41. The molecular weight excluding hydrogens is 466 g/mol. The molecule has 190 valence electrons. The summed E-state index contributed by atoms with van der Waals surface area (Å²) < 4.78 is 11.3. The quantitative estimate of drug-likeness (QED) is 0.289. The lowest BCUT2D eigenvalue weighted by atomic mass is 9.85. The Morgan fingerprint density at radius 2 is 1.59 bits per heavy atom. The molecule has 1 unspecified atom stereocenters. The Bertz CT molecular complexity index is 1350. The summed E-state index contributed by atoms with van der Waals surface area (Å²) in [4.78, 5) is 28.3. The van der Waals surface area contributed by atoms with Gasteiger partial charge in [-0.2, -0.15) is 0 Å². The summed E-state index contributed by atoms with van der Waals surface area (Å²) >= 11 is 0. The van der Waals surface area contributed by atoms with Gasteiger partial charge in [0.2, 0.25) is 0 Å². The van der Waals surface area contributed by atoms with E-state index in [4.69, 9.17) is 9.47 Å². The van der Waals surface area contributed by atoms with Crippen LogP contribution in [0.3, 0.4) is 0 Å². The highest BCUT2D eigenvalue weighted by molar-refractivity contribution is 6.46. The number of Topliss-reactive ketones (excluding diaryl/α,β-unsaturated/α-hetero) is 1. The van der Waals surface area contributed by atoms with Crippen LogP contribution in [0.25, 0.3) is 5.76 Å². The van der Waals surface area contributed by atoms with Gasteiger partial charge in [-0.15, -0.1) is 0 Å². The van der Waals surface area contributed by atoms with Crippen LogP contribution in [-0.2, 0) is 21.4 Å². The number of ether oxygens (including phenoxy) is 2. The topological polar surface area (TPSA) is 76.1 Å². The predicted molar refractivity (Wildman–Crippen MR) is 142 cm³/mol. The summed E-state index contributed by atoms with van der Waals surface area (Å²) in [5.74, 6) is -0.437. The SMILES string of the molecule is CC(C)(C)c1ccc(C2/C(=C(/O)c3ccc4c(c3)OCCO4)C(=O)C(=O)N2CCc2ccccc2)cc1. The zero-order valence-corrected chi connectivity index (χ0v) is 21.4. The third-order valence-corrected chi connectivity index (χ3v) is 6.93. The number of nitrogens with zero attached hydrogens (tertiary/aromatic N) is 1. The van der Waals surface area contributed by atoms with Crippen molar-refractivity contribution < 1.29 is 24.2 Å². The number of aliphatic hydroxyl groups excluding tert-OH is 1. The molecule has 0 radical (unpaired) electrons. The number of carbonyl (C=O) groups is 2. The minimum Gasteiger partial charge on any atom is -0.507 e. The first kappa shape index (κ1) is 24.6. The molecular formula is C31H31NO5. The third kappa shape index (κ3) is 4.84. The highest BCUT2D eigenvalue weighted by Gasteiger charge is 2.46. The maximum Gasteiger partial charge on any atom is 0.295 e. The smallest absolute Gasteiger partial charge is 0.295 e. The fraction of sp³-hybridized carbons (Fsp3) is 0.290. The first-order valence-electron chi connectivity index (χ1n) is 12.6. The van der Waals surface area contributed by atoms with Crippen molar-refractivity contribution in [3.05, 3.63) is 101 Å². The van der Waals surface area contributed by atoms with E-state index in [0.29, 0.717) is 43.2 Å². The van der Waals surface area contributed by atoms with Crippen LogP contribution >= 0.6 is 0 Å². The van der Waals surface area contributed by atoms with Crippen molar-refractivity contribution in [2.75, 3.05) is 19.8 Å². The summed E-state index contributed by atoms with van der Waals surface area (Å²) in [5.41, 5.74) is 3.43. The molecule has 3 aromatic rings. The van der Waals surface area contributed by atoms with Gasteiger partial charge in [0.25, 0.3) is 11.7 Å². The molecule has 5 rings (SSSR count). The van der Waals surface area contributed by atoms with E-state index in [0.717, 1.165) is 16.7 Å². The monoisotopic (exact) mass is 497 g/mol. The van der Waals surface area contributed by atoms with Crippen molar-refractivity contribution in [2.45, 2.75) is 38.6 Å². The Hall–Kier alpha value is -4.06. The molecule has 1 fully saturated rings. The summed E-state index contributed by atoms with van der Waals surface area (Å²) in [6.45, 7) is 7.61. The second-order valence-corrected chi connectivity index (χ2v) is 10.5. The van der Waals surface area contributed by atoms with Gasteiger partial charge >= 0.3 is 0 Å². The molecule has 0 aromatic heterocycles. The van der Waals surface area contributed by atoms with Gasteiger partial charge in [-0.1, -0.05) is 75.4 Å². The molecule has 1 atom stereocenters. The van der Waals surface area contributed by atoms with E-state index < -0.39 is 17.7 Å². The number of ketones is 1. The lowest BCUT2D eigenvalue weighted by Crippen LogP contribution is -2.31. The molecule has 0 bridgehead atoms. The van der Waals surface area contributed by atoms with Crippen LogP contribution in [0, 0.1) is 0 Å². The minimum atomic E-state index is -0.703. The van der Waals surface area contributed by atoms with Crippen LogP contribution in [0.1, 0.15) is 49.1 Å². The summed E-state index contributed by atoms with van der Waals surface area (Å²) in [7, 11) is 0. The Morgan fingerprint density at radius 1 is 0.919 bits per heavy atom. The fourth-order valence-electron chi connectivity index (χ4n) is 4.86. The van der Waals surface area contributed by atoms with Gasteiger partial charge in [0.05, 0.1) is 11.6 Å². The van der Waals surface area contributed by atoms with Crippen LogP contribution in [0.4, 0.5) is 0 Å². The molecule has 0 saturated carbocycles. The van der Waals surface area contributed by atoms with Gasteiger partial charge < -0.3 is 19.5 Å². The molecule has 2 aliphatic rings. The molecule has 37 heavy (non-hydrogen) atoms. The van der Waals surface area contributed by atoms with Gasteiger partial charge in [0.15, 0.2) is 11.5 Å². The van der Waals surface area contributed by atoms with Gasteiger partial charge in [-0.05, 0) is 46.7 Å². The minimum absolute atomic E-state index is 0.0428. The molecule has 6 nitrogen and oxygen atoms in total. The molecule has 0 spiro atoms. The summed E-state index contributed by atoms with van der Waals surface area (Å²) in [6.07, 6.45) is 0.592. The Kier molecular flexibility index (Phi) is 6.50. The molecule has 2 aliphatic heterocycles. The second-order valence-electron chi connectivity index (χ2n) is 10.5. The number of amides is 1. The van der Waals surface area contributed by atoms with Crippen LogP contribution in [0.5, 0.6) is 11.5 Å². The largest absolute Gasteiger partial charge is 0.507 e. The van der Waals surface area contributed by atoms with Gasteiger partial charge in [-0.25, -0.2) is 0 Å². The van der Waals surface area contributed by atoms with E-state index in [1.54, 1.807) is 23.1 Å². The Balaban J connectivity index is 1.58. The van der Waals surface area contributed by atoms with Crippen LogP contribution in [0.2, 0.25) is 0 Å². The molecule has 1 N–H and O–H groups in total.